The lowest BCUT2D eigenvalue weighted by Gasteiger charge is -2.39. The molecule has 0 amide bonds. The van der Waals surface area contributed by atoms with Crippen molar-refractivity contribution in [2.24, 2.45) is 5.92 Å². The van der Waals surface area contributed by atoms with Crippen molar-refractivity contribution in [1.29, 1.82) is 0 Å². The molecular formula is C18H28ClFN2O. The summed E-state index contributed by atoms with van der Waals surface area (Å²) in [5, 5.41) is 3.46. The molecule has 5 heteroatoms. The number of hydrogen-bond donors (Lipinski definition) is 1. The van der Waals surface area contributed by atoms with Crippen LogP contribution in [-0.4, -0.2) is 44.7 Å². The van der Waals surface area contributed by atoms with Crippen molar-refractivity contribution < 1.29 is 9.13 Å². The summed E-state index contributed by atoms with van der Waals surface area (Å²) in [5.74, 6) is 1.40. The van der Waals surface area contributed by atoms with E-state index in [1.165, 1.54) is 12.8 Å². The molecule has 2 aliphatic heterocycles. The van der Waals surface area contributed by atoms with Gasteiger partial charge in [-0.15, -0.1) is 12.4 Å². The number of benzene rings is 1. The smallest absolute Gasteiger partial charge is 0.142 e. The molecule has 1 aromatic rings. The van der Waals surface area contributed by atoms with Gasteiger partial charge in [0, 0.05) is 25.2 Å². The highest BCUT2D eigenvalue weighted by atomic mass is 35.5. The molecule has 1 unspecified atom stereocenters. The third kappa shape index (κ3) is 4.37. The first-order valence-corrected chi connectivity index (χ1v) is 8.47. The Hall–Kier alpha value is -0.840. The zero-order valence-electron chi connectivity index (χ0n) is 13.9. The summed E-state index contributed by atoms with van der Waals surface area (Å²) in [6.07, 6.45) is 3.70. The zero-order valence-corrected chi connectivity index (χ0v) is 14.7. The number of halogens is 2. The third-order valence-corrected chi connectivity index (χ3v) is 5.15. The maximum absolute atomic E-state index is 15.4. The molecule has 0 spiro atoms. The molecule has 1 N–H and O–H groups in total. The Morgan fingerprint density at radius 3 is 2.70 bits per heavy atom. The Morgan fingerprint density at radius 1 is 1.30 bits per heavy atom. The van der Waals surface area contributed by atoms with Crippen LogP contribution >= 0.6 is 12.4 Å². The van der Waals surface area contributed by atoms with Crippen molar-refractivity contribution >= 4 is 12.4 Å². The highest BCUT2D eigenvalue weighted by molar-refractivity contribution is 5.85. The Balaban J connectivity index is 0.00000192. The summed E-state index contributed by atoms with van der Waals surface area (Å²) < 4.78 is 20.7. The first kappa shape index (κ1) is 18.5. The average Bonchev–Trinajstić information content (AvgIpc) is 2.58. The van der Waals surface area contributed by atoms with Gasteiger partial charge in [0.25, 0.3) is 0 Å². The molecule has 2 saturated heterocycles. The molecule has 0 bridgehead atoms. The van der Waals surface area contributed by atoms with Gasteiger partial charge in [-0.3, -0.25) is 0 Å². The van der Waals surface area contributed by atoms with E-state index < -0.39 is 5.67 Å². The Bertz CT molecular complexity index is 486. The van der Waals surface area contributed by atoms with E-state index in [1.807, 2.05) is 24.3 Å². The summed E-state index contributed by atoms with van der Waals surface area (Å²) >= 11 is 0. The van der Waals surface area contributed by atoms with Crippen LogP contribution in [0.2, 0.25) is 0 Å². The van der Waals surface area contributed by atoms with Crippen LogP contribution in [0, 0.1) is 5.92 Å². The minimum Gasteiger partial charge on any atom is -0.496 e. The lowest BCUT2D eigenvalue weighted by atomic mass is 9.85. The number of hydrogen-bond acceptors (Lipinski definition) is 3. The van der Waals surface area contributed by atoms with Gasteiger partial charge in [0.2, 0.25) is 0 Å². The summed E-state index contributed by atoms with van der Waals surface area (Å²) in [5.41, 5.74) is -0.523. The Morgan fingerprint density at radius 2 is 2.04 bits per heavy atom. The molecule has 3 nitrogen and oxygen atoms in total. The first-order valence-electron chi connectivity index (χ1n) is 8.47. The van der Waals surface area contributed by atoms with Crippen LogP contribution in [0.5, 0.6) is 5.75 Å². The number of ether oxygens (including phenoxy) is 1. The van der Waals surface area contributed by atoms with Crippen molar-refractivity contribution in [3.63, 3.8) is 0 Å². The van der Waals surface area contributed by atoms with Gasteiger partial charge in [-0.2, -0.15) is 0 Å². The molecule has 0 aromatic heterocycles. The third-order valence-electron chi connectivity index (χ3n) is 5.15. The molecule has 3 rings (SSSR count). The number of alkyl halides is 1. The summed E-state index contributed by atoms with van der Waals surface area (Å²) in [6, 6.07) is 7.53. The predicted octanol–water partition coefficient (Wildman–Crippen LogP) is 3.38. The number of nitrogens with zero attached hydrogens (tertiary/aromatic N) is 1. The normalized spacial score (nSPS) is 24.7. The van der Waals surface area contributed by atoms with Gasteiger partial charge in [-0.05, 0) is 50.8 Å². The van der Waals surface area contributed by atoms with Gasteiger partial charge < -0.3 is 15.0 Å². The first-order chi connectivity index (χ1) is 10.7. The van der Waals surface area contributed by atoms with Gasteiger partial charge >= 0.3 is 0 Å². The van der Waals surface area contributed by atoms with Crippen molar-refractivity contribution in [1.82, 2.24) is 10.2 Å². The molecule has 1 atom stereocenters. The lowest BCUT2D eigenvalue weighted by Crippen LogP contribution is -2.44. The average molecular weight is 343 g/mol. The molecule has 0 saturated carbocycles. The van der Waals surface area contributed by atoms with Crippen LogP contribution < -0.4 is 10.1 Å². The fourth-order valence-electron chi connectivity index (χ4n) is 3.82. The quantitative estimate of drug-likeness (QED) is 0.907. The second kappa shape index (κ2) is 8.32. The Kier molecular flexibility index (Phi) is 6.69. The van der Waals surface area contributed by atoms with Gasteiger partial charge in [-0.25, -0.2) is 4.39 Å². The number of rotatable bonds is 4. The fraction of sp³-hybridized carbons (Fsp3) is 0.667. The van der Waals surface area contributed by atoms with E-state index >= 15 is 4.39 Å². The molecule has 0 radical (unpaired) electrons. The van der Waals surface area contributed by atoms with E-state index in [1.54, 1.807) is 7.11 Å². The van der Waals surface area contributed by atoms with Crippen LogP contribution in [0.25, 0.3) is 0 Å². The number of methoxy groups -OCH3 is 1. The van der Waals surface area contributed by atoms with Crippen molar-refractivity contribution in [2.75, 3.05) is 39.8 Å². The monoisotopic (exact) mass is 342 g/mol. The highest BCUT2D eigenvalue weighted by Crippen LogP contribution is 2.41. The number of nitrogens with one attached hydrogen (secondary N) is 1. The van der Waals surface area contributed by atoms with Crippen LogP contribution in [0.3, 0.4) is 0 Å². The maximum Gasteiger partial charge on any atom is 0.142 e. The second-order valence-electron chi connectivity index (χ2n) is 6.68. The van der Waals surface area contributed by atoms with Gasteiger partial charge in [0.1, 0.15) is 11.4 Å². The summed E-state index contributed by atoms with van der Waals surface area (Å²) in [7, 11) is 1.62. The van der Waals surface area contributed by atoms with Gasteiger partial charge in [0.05, 0.1) is 7.11 Å². The van der Waals surface area contributed by atoms with E-state index in [4.69, 9.17) is 4.74 Å². The van der Waals surface area contributed by atoms with Crippen LogP contribution in [0.15, 0.2) is 24.3 Å². The standard InChI is InChI=1S/C18H27FN2O.ClH/c1-22-17-7-3-2-6-16(17)18(19)8-11-21(12-9-18)14-15-5-4-10-20-13-15;/h2-3,6-7,15,20H,4-5,8-14H2,1H3;1H. The zero-order chi connectivity index (χ0) is 15.4. The molecule has 2 heterocycles. The molecule has 23 heavy (non-hydrogen) atoms. The molecule has 1 aromatic carbocycles. The van der Waals surface area contributed by atoms with Crippen LogP contribution in [0.1, 0.15) is 31.2 Å². The highest BCUT2D eigenvalue weighted by Gasteiger charge is 2.38. The summed E-state index contributed by atoms with van der Waals surface area (Å²) in [6.45, 7) is 5.05. The molecule has 2 fully saturated rings. The lowest BCUT2D eigenvalue weighted by molar-refractivity contribution is 0.0451. The van der Waals surface area contributed by atoms with E-state index in [-0.39, 0.29) is 12.4 Å². The van der Waals surface area contributed by atoms with Crippen molar-refractivity contribution in [2.45, 2.75) is 31.4 Å². The van der Waals surface area contributed by atoms with E-state index in [0.717, 1.165) is 44.2 Å². The maximum atomic E-state index is 15.4. The summed E-state index contributed by atoms with van der Waals surface area (Å²) in [4.78, 5) is 2.44. The minimum atomic E-state index is -1.24. The molecule has 2 aliphatic rings. The second-order valence-corrected chi connectivity index (χ2v) is 6.68. The Labute approximate surface area is 145 Å². The number of para-hydroxylation sites is 1. The SMILES string of the molecule is COc1ccccc1C1(F)CCN(CC2CCCNC2)CC1.Cl. The molecule has 0 aliphatic carbocycles. The van der Waals surface area contributed by atoms with Crippen LogP contribution in [0.4, 0.5) is 4.39 Å². The van der Waals surface area contributed by atoms with Crippen LogP contribution in [-0.2, 0) is 5.67 Å². The fourth-order valence-corrected chi connectivity index (χ4v) is 3.82. The van der Waals surface area contributed by atoms with Gasteiger partial charge in [0.15, 0.2) is 0 Å². The molecular weight excluding hydrogens is 315 g/mol. The number of likely N-dealkylation sites (tertiary alicyclic amines) is 1. The van der Waals surface area contributed by atoms with E-state index in [2.05, 4.69) is 10.2 Å². The molecule has 130 valence electrons. The van der Waals surface area contributed by atoms with E-state index in [9.17, 15) is 0 Å². The predicted molar refractivity (Wildman–Crippen MR) is 94.3 cm³/mol. The largest absolute Gasteiger partial charge is 0.496 e. The van der Waals surface area contributed by atoms with Crippen molar-refractivity contribution in [3.05, 3.63) is 29.8 Å². The topological polar surface area (TPSA) is 24.5 Å². The number of piperidine rings is 2. The van der Waals surface area contributed by atoms with Gasteiger partial charge in [-0.1, -0.05) is 18.2 Å². The van der Waals surface area contributed by atoms with E-state index in [0.29, 0.717) is 18.6 Å². The minimum absolute atomic E-state index is 0. The van der Waals surface area contributed by atoms with Crippen molar-refractivity contribution in [3.8, 4) is 5.75 Å².